The zero-order valence-corrected chi connectivity index (χ0v) is 20.0. The Labute approximate surface area is 206 Å². The molecule has 1 aliphatic rings. The van der Waals surface area contributed by atoms with E-state index in [0.29, 0.717) is 13.0 Å². The number of rotatable bonds is 4. The number of thiophene rings is 1. The largest absolute Gasteiger partial charge is 0.392 e. The van der Waals surface area contributed by atoms with Gasteiger partial charge in [0.15, 0.2) is 5.82 Å². The highest BCUT2D eigenvalue weighted by molar-refractivity contribution is 7.20. The monoisotopic (exact) mass is 480 g/mol. The molecule has 8 heteroatoms. The van der Waals surface area contributed by atoms with E-state index in [1.165, 1.54) is 5.56 Å². The van der Waals surface area contributed by atoms with E-state index in [2.05, 4.69) is 86.5 Å². The van der Waals surface area contributed by atoms with Gasteiger partial charge in [0, 0.05) is 32.1 Å². The third-order valence-corrected chi connectivity index (χ3v) is 7.28. The number of hydrogen-bond donors (Lipinski definition) is 3. The van der Waals surface area contributed by atoms with Gasteiger partial charge in [0.25, 0.3) is 0 Å². The summed E-state index contributed by atoms with van der Waals surface area (Å²) in [6, 6.07) is 18.6. The minimum atomic E-state index is -0.316. The molecule has 0 saturated carbocycles. The number of aliphatic hydroxyl groups is 1. The maximum atomic E-state index is 9.68. The molecule has 1 fully saturated rings. The summed E-state index contributed by atoms with van der Waals surface area (Å²) in [6.45, 7) is 0.597. The maximum Gasteiger partial charge on any atom is 0.151 e. The van der Waals surface area contributed by atoms with Crippen LogP contribution in [0.1, 0.15) is 22.7 Å². The van der Waals surface area contributed by atoms with Gasteiger partial charge < -0.3 is 20.3 Å². The summed E-state index contributed by atoms with van der Waals surface area (Å²) in [5, 5.41) is 16.3. The fourth-order valence-corrected chi connectivity index (χ4v) is 5.31. The molecule has 2 aromatic carbocycles. The average molecular weight is 481 g/mol. The van der Waals surface area contributed by atoms with Crippen molar-refractivity contribution < 1.29 is 5.11 Å². The average Bonchev–Trinajstić information content (AvgIpc) is 3.56. The number of aliphatic hydroxyl groups excluding tert-OH is 1. The number of imidazole rings is 1. The van der Waals surface area contributed by atoms with Gasteiger partial charge in [-0.2, -0.15) is 0 Å². The second-order valence-electron chi connectivity index (χ2n) is 8.74. The second kappa shape index (κ2) is 9.12. The molecular weight excluding hydrogens is 456 g/mol. The number of β-amino-alcohol motifs (C(OH)–C–C–N with tert-alkyl or cyclic N) is 1. The van der Waals surface area contributed by atoms with Crippen LogP contribution in [0.15, 0.2) is 60.9 Å². The lowest BCUT2D eigenvalue weighted by Gasteiger charge is -2.06. The van der Waals surface area contributed by atoms with Crippen LogP contribution in [0.5, 0.6) is 0 Å². The zero-order valence-electron chi connectivity index (χ0n) is 19.2. The minimum absolute atomic E-state index is 0.0239. The van der Waals surface area contributed by atoms with Gasteiger partial charge in [0.05, 0.1) is 38.3 Å². The first-order valence-electron chi connectivity index (χ1n) is 11.6. The van der Waals surface area contributed by atoms with Crippen LogP contribution in [0.25, 0.3) is 21.3 Å². The number of anilines is 2. The smallest absolute Gasteiger partial charge is 0.151 e. The highest BCUT2D eigenvalue weighted by atomic mass is 32.1. The quantitative estimate of drug-likeness (QED) is 0.337. The van der Waals surface area contributed by atoms with E-state index in [1.807, 2.05) is 12.1 Å². The fourth-order valence-electron chi connectivity index (χ4n) is 4.39. The first-order valence-corrected chi connectivity index (χ1v) is 12.4. The van der Waals surface area contributed by atoms with Crippen LogP contribution >= 0.6 is 11.3 Å². The molecule has 6 rings (SSSR count). The van der Waals surface area contributed by atoms with Gasteiger partial charge in [-0.25, -0.2) is 15.0 Å². The van der Waals surface area contributed by atoms with Crippen LogP contribution in [0.4, 0.5) is 11.5 Å². The number of aryl methyl sites for hydroxylation is 1. The summed E-state index contributed by atoms with van der Waals surface area (Å²) in [4.78, 5) is 14.7. The molecule has 35 heavy (non-hydrogen) atoms. The third kappa shape index (κ3) is 4.49. The van der Waals surface area contributed by atoms with E-state index >= 15 is 0 Å². The van der Waals surface area contributed by atoms with Crippen molar-refractivity contribution in [1.29, 1.82) is 0 Å². The Hall–Kier alpha value is -3.77. The molecule has 2 atom stereocenters. The van der Waals surface area contributed by atoms with E-state index in [4.69, 9.17) is 4.98 Å². The Morgan fingerprint density at radius 2 is 2.03 bits per heavy atom. The number of nitrogens with zero attached hydrogens (tertiary/aromatic N) is 4. The number of nitrogens with one attached hydrogen (secondary N) is 2. The summed E-state index contributed by atoms with van der Waals surface area (Å²) < 4.78 is 3.11. The van der Waals surface area contributed by atoms with Crippen LogP contribution in [-0.4, -0.2) is 43.3 Å². The number of fused-ring (bicyclic) bond motifs is 2. The second-order valence-corrected chi connectivity index (χ2v) is 9.80. The molecule has 0 bridgehead atoms. The summed E-state index contributed by atoms with van der Waals surface area (Å²) in [5.74, 6) is 8.22. The van der Waals surface area contributed by atoms with Crippen LogP contribution in [0.2, 0.25) is 0 Å². The van der Waals surface area contributed by atoms with E-state index in [9.17, 15) is 5.11 Å². The summed E-state index contributed by atoms with van der Waals surface area (Å²) in [7, 11) is 2.06. The first-order chi connectivity index (χ1) is 17.1. The Balaban J connectivity index is 1.26. The number of hydrogen-bond acceptors (Lipinski definition) is 7. The van der Waals surface area contributed by atoms with Gasteiger partial charge >= 0.3 is 0 Å². The zero-order chi connectivity index (χ0) is 23.8. The van der Waals surface area contributed by atoms with Crippen LogP contribution in [0.3, 0.4) is 0 Å². The van der Waals surface area contributed by atoms with Crippen molar-refractivity contribution in [3.63, 3.8) is 0 Å². The van der Waals surface area contributed by atoms with Crippen molar-refractivity contribution in [2.45, 2.75) is 25.0 Å². The van der Waals surface area contributed by atoms with Crippen molar-refractivity contribution in [2.24, 2.45) is 7.05 Å². The Kier molecular flexibility index (Phi) is 5.66. The lowest BCUT2D eigenvalue weighted by Crippen LogP contribution is -2.19. The van der Waals surface area contributed by atoms with E-state index in [1.54, 1.807) is 17.7 Å². The van der Waals surface area contributed by atoms with Crippen molar-refractivity contribution in [2.75, 3.05) is 11.9 Å². The molecule has 5 aromatic rings. The molecule has 0 spiro atoms. The molecule has 1 aliphatic heterocycles. The Morgan fingerprint density at radius 1 is 1.14 bits per heavy atom. The summed E-state index contributed by atoms with van der Waals surface area (Å²) in [6.07, 6.45) is 2.70. The van der Waals surface area contributed by atoms with E-state index < -0.39 is 0 Å². The van der Waals surface area contributed by atoms with Crippen molar-refractivity contribution in [3.05, 3.63) is 77.2 Å². The van der Waals surface area contributed by atoms with Gasteiger partial charge in [-0.3, -0.25) is 0 Å². The standard InChI is InChI=1S/C27H24N6OS/c1-33-24-10-8-19(13-22(24)32-25(33)11-17-5-3-2-4-6-17)31-27-26-23(29-16-30-27)14-21(35-26)9-7-18-12-20(34)15-28-18/h2-6,8,10,13-14,16,18,20,28,34H,11-12,15H2,1H3,(H,29,30,31)/t18-,20-/m1/s1. The minimum Gasteiger partial charge on any atom is -0.392 e. The predicted molar refractivity (Wildman–Crippen MR) is 140 cm³/mol. The molecule has 0 aliphatic carbocycles. The van der Waals surface area contributed by atoms with Gasteiger partial charge in [0.2, 0.25) is 0 Å². The number of aromatic nitrogens is 4. The number of benzene rings is 2. The van der Waals surface area contributed by atoms with Crippen molar-refractivity contribution in [3.8, 4) is 11.8 Å². The van der Waals surface area contributed by atoms with Crippen LogP contribution < -0.4 is 10.6 Å². The molecule has 0 radical (unpaired) electrons. The predicted octanol–water partition coefficient (Wildman–Crippen LogP) is 3.99. The van der Waals surface area contributed by atoms with Crippen molar-refractivity contribution >= 4 is 44.1 Å². The molecule has 3 N–H and O–H groups in total. The highest BCUT2D eigenvalue weighted by Crippen LogP contribution is 2.31. The van der Waals surface area contributed by atoms with Crippen molar-refractivity contribution in [1.82, 2.24) is 24.8 Å². The van der Waals surface area contributed by atoms with Gasteiger partial charge in [-0.1, -0.05) is 42.2 Å². The molecule has 4 heterocycles. The molecule has 7 nitrogen and oxygen atoms in total. The third-order valence-electron chi connectivity index (χ3n) is 6.23. The molecule has 3 aromatic heterocycles. The topological polar surface area (TPSA) is 87.9 Å². The van der Waals surface area contributed by atoms with Gasteiger partial charge in [0.1, 0.15) is 12.2 Å². The van der Waals surface area contributed by atoms with Gasteiger partial charge in [-0.05, 0) is 29.8 Å². The van der Waals surface area contributed by atoms with Crippen LogP contribution in [0, 0.1) is 11.8 Å². The molecular formula is C27H24N6OS. The molecule has 174 valence electrons. The highest BCUT2D eigenvalue weighted by Gasteiger charge is 2.20. The van der Waals surface area contributed by atoms with E-state index in [0.717, 1.165) is 49.9 Å². The van der Waals surface area contributed by atoms with Gasteiger partial charge in [-0.15, -0.1) is 11.3 Å². The fraction of sp³-hybridized carbons (Fsp3) is 0.222. The lowest BCUT2D eigenvalue weighted by atomic mass is 10.1. The summed E-state index contributed by atoms with van der Waals surface area (Å²) >= 11 is 1.57. The maximum absolute atomic E-state index is 9.68. The molecule has 0 unspecified atom stereocenters. The molecule has 1 saturated heterocycles. The lowest BCUT2D eigenvalue weighted by molar-refractivity contribution is 0.195. The first kappa shape index (κ1) is 21.7. The van der Waals surface area contributed by atoms with Crippen LogP contribution in [-0.2, 0) is 13.5 Å². The molecule has 0 amide bonds. The SMILES string of the molecule is Cn1c(Cc2ccccc2)nc2cc(Nc3ncnc4cc(C#C[C@@H]5C[C@@H](O)CN5)sc34)ccc21. The van der Waals surface area contributed by atoms with E-state index in [-0.39, 0.29) is 12.1 Å². The Morgan fingerprint density at radius 3 is 2.86 bits per heavy atom. The Bertz CT molecular complexity index is 1580. The normalized spacial score (nSPS) is 17.5. The summed E-state index contributed by atoms with van der Waals surface area (Å²) in [5.41, 5.74) is 5.06.